The highest BCUT2D eigenvalue weighted by Crippen LogP contribution is 2.21. The monoisotopic (exact) mass is 562 g/mol. The highest BCUT2D eigenvalue weighted by molar-refractivity contribution is 14.0. The second-order valence-corrected chi connectivity index (χ2v) is 8.03. The lowest BCUT2D eigenvalue weighted by atomic mass is 10.2. The molecule has 1 aliphatic rings. The molecule has 0 aliphatic carbocycles. The molecule has 31 heavy (non-hydrogen) atoms. The summed E-state index contributed by atoms with van der Waals surface area (Å²) < 4.78 is 29.8. The number of guanidine groups is 1. The Morgan fingerprint density at radius 1 is 1.10 bits per heavy atom. The lowest BCUT2D eigenvalue weighted by molar-refractivity contribution is -0.0504. The maximum Gasteiger partial charge on any atom is 0.387 e. The van der Waals surface area contributed by atoms with Crippen LogP contribution in [0.4, 0.5) is 14.5 Å². The summed E-state index contributed by atoms with van der Waals surface area (Å²) in [6, 6.07) is 15.3. The number of hydrogen-bond acceptors (Lipinski definition) is 4. The van der Waals surface area contributed by atoms with E-state index in [-0.39, 0.29) is 29.7 Å². The van der Waals surface area contributed by atoms with Gasteiger partial charge in [-0.2, -0.15) is 20.5 Å². The second kappa shape index (κ2) is 13.6. The summed E-state index contributed by atoms with van der Waals surface area (Å²) in [5.41, 5.74) is 3.01. The van der Waals surface area contributed by atoms with Gasteiger partial charge in [-0.1, -0.05) is 30.3 Å². The van der Waals surface area contributed by atoms with Crippen LogP contribution in [0, 0.1) is 0 Å². The van der Waals surface area contributed by atoms with Gasteiger partial charge in [-0.05, 0) is 30.7 Å². The fourth-order valence-corrected chi connectivity index (χ4v) is 4.09. The molecule has 170 valence electrons. The maximum atomic E-state index is 12.6. The number of nitrogens with one attached hydrogen (secondary N) is 2. The van der Waals surface area contributed by atoms with Gasteiger partial charge in [0, 0.05) is 48.9 Å². The smallest absolute Gasteiger partial charge is 0.387 e. The lowest BCUT2D eigenvalue weighted by Gasteiger charge is -2.28. The van der Waals surface area contributed by atoms with Gasteiger partial charge in [0.2, 0.25) is 0 Å². The third-order valence-electron chi connectivity index (χ3n) is 4.71. The Hall–Kier alpha value is -1.75. The molecule has 9 heteroatoms. The molecule has 2 aromatic carbocycles. The summed E-state index contributed by atoms with van der Waals surface area (Å²) in [6.45, 7) is 2.88. The van der Waals surface area contributed by atoms with Crippen LogP contribution in [0.2, 0.25) is 0 Å². The van der Waals surface area contributed by atoms with Crippen LogP contribution in [-0.4, -0.2) is 43.7 Å². The van der Waals surface area contributed by atoms with E-state index in [2.05, 4.69) is 49.5 Å². The van der Waals surface area contributed by atoms with Crippen molar-refractivity contribution in [2.24, 2.45) is 4.99 Å². The lowest BCUT2D eigenvalue weighted by Crippen LogP contribution is -2.36. The van der Waals surface area contributed by atoms with E-state index >= 15 is 0 Å². The second-order valence-electron chi connectivity index (χ2n) is 6.80. The molecule has 0 unspecified atom stereocenters. The molecule has 0 spiro atoms. The first-order valence-corrected chi connectivity index (χ1v) is 11.3. The largest absolute Gasteiger partial charge is 0.434 e. The Bertz CT molecular complexity index is 817. The Morgan fingerprint density at radius 3 is 2.48 bits per heavy atom. The highest BCUT2D eigenvalue weighted by atomic mass is 127. The average molecular weight is 562 g/mol. The highest BCUT2D eigenvalue weighted by Gasteiger charge is 2.11. The standard InChI is InChI=1S/C22H28F2N4OS.HI/c1-2-25-22(27-16-18-5-3-4-6-20(18)29-21(23)24)26-15-17-7-9-19(10-8-17)28-11-13-30-14-12-28;/h3-10,21H,2,11-16H2,1H3,(H2,25,26,27);1H. The summed E-state index contributed by atoms with van der Waals surface area (Å²) in [5.74, 6) is 3.15. The summed E-state index contributed by atoms with van der Waals surface area (Å²) >= 11 is 2.00. The minimum Gasteiger partial charge on any atom is -0.434 e. The van der Waals surface area contributed by atoms with Crippen LogP contribution in [0.1, 0.15) is 18.1 Å². The van der Waals surface area contributed by atoms with Crippen molar-refractivity contribution in [3.8, 4) is 5.75 Å². The van der Waals surface area contributed by atoms with Crippen molar-refractivity contribution in [3.05, 3.63) is 59.7 Å². The molecule has 0 bridgehead atoms. The number of aliphatic imine (C=N–C) groups is 1. The molecule has 0 aromatic heterocycles. The summed E-state index contributed by atoms with van der Waals surface area (Å²) in [4.78, 5) is 7.03. The fraction of sp³-hybridized carbons (Fsp3) is 0.409. The third-order valence-corrected chi connectivity index (χ3v) is 5.65. The van der Waals surface area contributed by atoms with Gasteiger partial charge < -0.3 is 20.3 Å². The predicted octanol–water partition coefficient (Wildman–Crippen LogP) is 4.71. The Labute approximate surface area is 204 Å². The number of benzene rings is 2. The zero-order chi connectivity index (χ0) is 21.2. The van der Waals surface area contributed by atoms with Crippen molar-refractivity contribution in [1.82, 2.24) is 10.6 Å². The number of thioether (sulfide) groups is 1. The first-order valence-electron chi connectivity index (χ1n) is 10.1. The van der Waals surface area contributed by atoms with Gasteiger partial charge in [0.15, 0.2) is 5.96 Å². The third kappa shape index (κ3) is 8.36. The minimum absolute atomic E-state index is 0. The number of anilines is 1. The number of ether oxygens (including phenoxy) is 1. The van der Waals surface area contributed by atoms with Crippen LogP contribution in [-0.2, 0) is 13.1 Å². The normalized spacial score (nSPS) is 14.2. The molecule has 0 atom stereocenters. The van der Waals surface area contributed by atoms with E-state index in [9.17, 15) is 8.78 Å². The number of alkyl halides is 2. The number of halogens is 3. The topological polar surface area (TPSA) is 48.9 Å². The maximum absolute atomic E-state index is 12.6. The summed E-state index contributed by atoms with van der Waals surface area (Å²) in [5, 5.41) is 6.37. The van der Waals surface area contributed by atoms with Crippen LogP contribution >= 0.6 is 35.7 Å². The van der Waals surface area contributed by atoms with E-state index in [0.717, 1.165) is 18.7 Å². The number of nitrogens with zero attached hydrogens (tertiary/aromatic N) is 2. The fourth-order valence-electron chi connectivity index (χ4n) is 3.19. The minimum atomic E-state index is -2.85. The van der Waals surface area contributed by atoms with Gasteiger partial charge in [0.25, 0.3) is 0 Å². The van der Waals surface area contributed by atoms with Crippen LogP contribution in [0.15, 0.2) is 53.5 Å². The molecule has 0 radical (unpaired) electrons. The number of para-hydroxylation sites is 1. The first kappa shape index (κ1) is 25.5. The van der Waals surface area contributed by atoms with E-state index in [0.29, 0.717) is 31.2 Å². The van der Waals surface area contributed by atoms with Gasteiger partial charge in [-0.3, -0.25) is 0 Å². The molecule has 1 heterocycles. The molecule has 1 aliphatic heterocycles. The van der Waals surface area contributed by atoms with Crippen LogP contribution < -0.4 is 20.3 Å². The molecule has 3 rings (SSSR count). The molecule has 2 aromatic rings. The van der Waals surface area contributed by atoms with Gasteiger partial charge in [0.1, 0.15) is 5.75 Å². The first-order chi connectivity index (χ1) is 14.7. The zero-order valence-corrected chi connectivity index (χ0v) is 20.7. The van der Waals surface area contributed by atoms with E-state index in [4.69, 9.17) is 0 Å². The Morgan fingerprint density at radius 2 is 1.81 bits per heavy atom. The van der Waals surface area contributed by atoms with Gasteiger partial charge in [0.05, 0.1) is 6.54 Å². The average Bonchev–Trinajstić information content (AvgIpc) is 2.77. The van der Waals surface area contributed by atoms with Crippen LogP contribution in [0.25, 0.3) is 0 Å². The van der Waals surface area contributed by atoms with Gasteiger partial charge in [-0.25, -0.2) is 4.99 Å². The quantitative estimate of drug-likeness (QED) is 0.277. The molecule has 2 N–H and O–H groups in total. The van der Waals surface area contributed by atoms with Crippen LogP contribution in [0.5, 0.6) is 5.75 Å². The molecule has 1 saturated heterocycles. The molecular weight excluding hydrogens is 533 g/mol. The zero-order valence-electron chi connectivity index (χ0n) is 17.5. The van der Waals surface area contributed by atoms with Gasteiger partial charge >= 0.3 is 6.61 Å². The van der Waals surface area contributed by atoms with Crippen LogP contribution in [0.3, 0.4) is 0 Å². The Kier molecular flexibility index (Phi) is 11.2. The number of rotatable bonds is 8. The van der Waals surface area contributed by atoms with E-state index in [1.54, 1.807) is 18.2 Å². The molecule has 5 nitrogen and oxygen atoms in total. The van der Waals surface area contributed by atoms with E-state index in [1.807, 2.05) is 18.7 Å². The van der Waals surface area contributed by atoms with E-state index in [1.165, 1.54) is 23.3 Å². The van der Waals surface area contributed by atoms with Crippen molar-refractivity contribution in [3.63, 3.8) is 0 Å². The Balaban J connectivity index is 0.00000341. The molecule has 1 fully saturated rings. The molecular formula is C22H29F2IN4OS. The predicted molar refractivity (Wildman–Crippen MR) is 136 cm³/mol. The SMILES string of the molecule is CCNC(=NCc1ccc(N2CCSCC2)cc1)NCc1ccccc1OC(F)F.I. The van der Waals surface area contributed by atoms with Crippen molar-refractivity contribution in [2.75, 3.05) is 36.0 Å². The number of hydrogen-bond donors (Lipinski definition) is 2. The van der Waals surface area contributed by atoms with E-state index < -0.39 is 6.61 Å². The van der Waals surface area contributed by atoms with Crippen molar-refractivity contribution >= 4 is 47.4 Å². The summed E-state index contributed by atoms with van der Waals surface area (Å²) in [6.07, 6.45) is 0. The summed E-state index contributed by atoms with van der Waals surface area (Å²) in [7, 11) is 0. The van der Waals surface area contributed by atoms with Crippen molar-refractivity contribution in [1.29, 1.82) is 0 Å². The van der Waals surface area contributed by atoms with Gasteiger partial charge in [-0.15, -0.1) is 24.0 Å². The van der Waals surface area contributed by atoms with Crippen molar-refractivity contribution in [2.45, 2.75) is 26.6 Å². The van der Waals surface area contributed by atoms with Crippen molar-refractivity contribution < 1.29 is 13.5 Å². The molecule has 0 amide bonds. The molecule has 0 saturated carbocycles.